The fraction of sp³-hybridized carbons (Fsp3) is 0.105. The highest BCUT2D eigenvalue weighted by Crippen LogP contribution is 2.23. The maximum atomic E-state index is 12.1. The smallest absolute Gasteiger partial charge is 0.323 e. The van der Waals surface area contributed by atoms with Crippen LogP contribution in [0.25, 0.3) is 0 Å². The third kappa shape index (κ3) is 4.70. The number of carbonyl (C=O) groups excluding carboxylic acids is 1. The van der Waals surface area contributed by atoms with E-state index in [1.807, 2.05) is 44.2 Å². The molecule has 2 amide bonds. The van der Waals surface area contributed by atoms with Crippen LogP contribution in [-0.4, -0.2) is 16.2 Å². The molecule has 0 radical (unpaired) electrons. The quantitative estimate of drug-likeness (QED) is 0.597. The van der Waals surface area contributed by atoms with E-state index in [-0.39, 0.29) is 6.03 Å². The molecule has 0 aliphatic rings. The zero-order valence-corrected chi connectivity index (χ0v) is 15.1. The maximum absolute atomic E-state index is 12.1. The molecule has 132 valence electrons. The van der Waals surface area contributed by atoms with Gasteiger partial charge >= 0.3 is 6.03 Å². The number of anilines is 4. The van der Waals surface area contributed by atoms with Crippen molar-refractivity contribution in [2.75, 3.05) is 16.0 Å². The molecule has 0 aliphatic carbocycles. The molecule has 0 bridgehead atoms. The molecule has 7 heteroatoms. The first kappa shape index (κ1) is 17.7. The lowest BCUT2D eigenvalue weighted by Crippen LogP contribution is -2.19. The monoisotopic (exact) mass is 367 g/mol. The van der Waals surface area contributed by atoms with Crippen molar-refractivity contribution < 1.29 is 4.79 Å². The second kappa shape index (κ2) is 7.84. The average Bonchev–Trinajstić information content (AvgIpc) is 2.61. The third-order valence-corrected chi connectivity index (χ3v) is 3.90. The van der Waals surface area contributed by atoms with Crippen molar-refractivity contribution >= 4 is 40.5 Å². The van der Waals surface area contributed by atoms with Gasteiger partial charge < -0.3 is 16.0 Å². The molecule has 0 saturated heterocycles. The van der Waals surface area contributed by atoms with Gasteiger partial charge in [0.15, 0.2) is 5.82 Å². The van der Waals surface area contributed by atoms with E-state index >= 15 is 0 Å². The molecule has 0 aliphatic heterocycles. The van der Waals surface area contributed by atoms with E-state index in [0.717, 1.165) is 16.9 Å². The van der Waals surface area contributed by atoms with Crippen LogP contribution >= 0.6 is 11.6 Å². The summed E-state index contributed by atoms with van der Waals surface area (Å²) in [6, 6.07) is 16.1. The van der Waals surface area contributed by atoms with E-state index in [4.69, 9.17) is 11.6 Å². The van der Waals surface area contributed by atoms with Crippen LogP contribution in [0.3, 0.4) is 0 Å². The van der Waals surface area contributed by atoms with E-state index in [1.165, 1.54) is 0 Å². The lowest BCUT2D eigenvalue weighted by molar-refractivity contribution is 0.262. The molecule has 0 fully saturated rings. The number of aryl methyl sites for hydroxylation is 2. The van der Waals surface area contributed by atoms with Gasteiger partial charge in [0.25, 0.3) is 0 Å². The fourth-order valence-electron chi connectivity index (χ4n) is 2.26. The number of hydrogen-bond acceptors (Lipinski definition) is 4. The van der Waals surface area contributed by atoms with Gasteiger partial charge in [0.1, 0.15) is 0 Å². The van der Waals surface area contributed by atoms with Crippen LogP contribution in [0.5, 0.6) is 0 Å². The Morgan fingerprint density at radius 3 is 2.27 bits per heavy atom. The number of amides is 2. The topological polar surface area (TPSA) is 78.9 Å². The summed E-state index contributed by atoms with van der Waals surface area (Å²) < 4.78 is 0. The minimum atomic E-state index is -0.360. The Hall–Kier alpha value is -3.12. The van der Waals surface area contributed by atoms with Gasteiger partial charge in [-0.2, -0.15) is 5.10 Å². The number of nitrogens with one attached hydrogen (secondary N) is 3. The van der Waals surface area contributed by atoms with E-state index < -0.39 is 0 Å². The van der Waals surface area contributed by atoms with E-state index in [1.54, 1.807) is 24.3 Å². The van der Waals surface area contributed by atoms with Crippen LogP contribution in [0, 0.1) is 13.8 Å². The first-order valence-electron chi connectivity index (χ1n) is 8.01. The Morgan fingerprint density at radius 1 is 0.885 bits per heavy atom. The molecular formula is C19H18ClN5O. The Labute approximate surface area is 156 Å². The number of nitrogens with zero attached hydrogens (tertiary/aromatic N) is 2. The number of benzene rings is 2. The normalized spacial score (nSPS) is 10.3. The van der Waals surface area contributed by atoms with Gasteiger partial charge in [-0.3, -0.25) is 0 Å². The Balaban J connectivity index is 1.59. The summed E-state index contributed by atoms with van der Waals surface area (Å²) >= 11 is 6.12. The third-order valence-electron chi connectivity index (χ3n) is 3.59. The molecule has 3 N–H and O–H groups in total. The SMILES string of the molecule is Cc1ccc(NC(=O)Nc2ccc(Nc3ccc(C)nn3)cc2)c(Cl)c1. The van der Waals surface area contributed by atoms with Crippen molar-refractivity contribution in [1.29, 1.82) is 0 Å². The van der Waals surface area contributed by atoms with Crippen molar-refractivity contribution in [3.05, 3.63) is 70.9 Å². The second-order valence-corrected chi connectivity index (χ2v) is 6.23. The summed E-state index contributed by atoms with van der Waals surface area (Å²) in [5, 5.41) is 17.2. The summed E-state index contributed by atoms with van der Waals surface area (Å²) in [6.07, 6.45) is 0. The summed E-state index contributed by atoms with van der Waals surface area (Å²) in [7, 11) is 0. The number of carbonyl (C=O) groups is 1. The van der Waals surface area contributed by atoms with Crippen molar-refractivity contribution in [2.45, 2.75) is 13.8 Å². The van der Waals surface area contributed by atoms with Crippen molar-refractivity contribution in [1.82, 2.24) is 10.2 Å². The van der Waals surface area contributed by atoms with Gasteiger partial charge in [0.05, 0.1) is 16.4 Å². The van der Waals surface area contributed by atoms with Crippen LogP contribution in [0.4, 0.5) is 27.7 Å². The minimum absolute atomic E-state index is 0.360. The van der Waals surface area contributed by atoms with Crippen LogP contribution < -0.4 is 16.0 Å². The standard InChI is InChI=1S/C19H18ClN5O/c1-12-3-9-17(16(20)11-12)23-19(26)22-15-7-5-14(6-8-15)21-18-10-4-13(2)24-25-18/h3-11H,1-2H3,(H,21,25)(H2,22,23,26). The van der Waals surface area contributed by atoms with Crippen molar-refractivity contribution in [3.63, 3.8) is 0 Å². The van der Waals surface area contributed by atoms with Gasteiger partial charge in [-0.15, -0.1) is 5.10 Å². The Morgan fingerprint density at radius 2 is 1.62 bits per heavy atom. The number of rotatable bonds is 4. The van der Waals surface area contributed by atoms with Crippen LogP contribution in [0.15, 0.2) is 54.6 Å². The number of hydrogen-bond donors (Lipinski definition) is 3. The molecule has 3 aromatic rings. The van der Waals surface area contributed by atoms with Gasteiger partial charge in [0.2, 0.25) is 0 Å². The number of halogens is 1. The van der Waals surface area contributed by atoms with E-state index in [2.05, 4.69) is 26.1 Å². The molecule has 1 aromatic heterocycles. The molecule has 0 saturated carbocycles. The van der Waals surface area contributed by atoms with Crippen LogP contribution in [0.1, 0.15) is 11.3 Å². The highest BCUT2D eigenvalue weighted by atomic mass is 35.5. The summed E-state index contributed by atoms with van der Waals surface area (Å²) in [5.41, 5.74) is 3.95. The lowest BCUT2D eigenvalue weighted by Gasteiger charge is -2.10. The van der Waals surface area contributed by atoms with Crippen LogP contribution in [-0.2, 0) is 0 Å². The van der Waals surface area contributed by atoms with Gasteiger partial charge in [0, 0.05) is 11.4 Å². The second-order valence-electron chi connectivity index (χ2n) is 5.82. The highest BCUT2D eigenvalue weighted by molar-refractivity contribution is 6.33. The molecule has 1 heterocycles. The van der Waals surface area contributed by atoms with Crippen molar-refractivity contribution in [3.8, 4) is 0 Å². The molecule has 6 nitrogen and oxygen atoms in total. The Kier molecular flexibility index (Phi) is 5.34. The lowest BCUT2D eigenvalue weighted by atomic mass is 10.2. The first-order chi connectivity index (χ1) is 12.5. The maximum Gasteiger partial charge on any atom is 0.323 e. The zero-order chi connectivity index (χ0) is 18.5. The molecule has 26 heavy (non-hydrogen) atoms. The fourth-order valence-corrected chi connectivity index (χ4v) is 2.54. The molecule has 2 aromatic carbocycles. The first-order valence-corrected chi connectivity index (χ1v) is 8.39. The zero-order valence-electron chi connectivity index (χ0n) is 14.4. The number of aromatic nitrogens is 2. The minimum Gasteiger partial charge on any atom is -0.339 e. The predicted molar refractivity (Wildman–Crippen MR) is 105 cm³/mol. The molecule has 0 unspecified atom stereocenters. The molecule has 0 atom stereocenters. The summed E-state index contributed by atoms with van der Waals surface area (Å²) in [5.74, 6) is 0.656. The summed E-state index contributed by atoms with van der Waals surface area (Å²) in [6.45, 7) is 3.82. The van der Waals surface area contributed by atoms with Crippen LogP contribution in [0.2, 0.25) is 5.02 Å². The summed E-state index contributed by atoms with van der Waals surface area (Å²) in [4.78, 5) is 12.1. The average molecular weight is 368 g/mol. The molecular weight excluding hydrogens is 350 g/mol. The number of urea groups is 1. The molecule has 0 spiro atoms. The van der Waals surface area contributed by atoms with Gasteiger partial charge in [-0.25, -0.2) is 4.79 Å². The van der Waals surface area contributed by atoms with Gasteiger partial charge in [-0.05, 0) is 67.9 Å². The predicted octanol–water partition coefficient (Wildman–Crippen LogP) is 5.13. The van der Waals surface area contributed by atoms with Crippen molar-refractivity contribution in [2.24, 2.45) is 0 Å². The van der Waals surface area contributed by atoms with E-state index in [0.29, 0.717) is 22.2 Å². The van der Waals surface area contributed by atoms with E-state index in [9.17, 15) is 4.79 Å². The Bertz CT molecular complexity index is 910. The van der Waals surface area contributed by atoms with Gasteiger partial charge in [-0.1, -0.05) is 17.7 Å². The largest absolute Gasteiger partial charge is 0.339 e. The highest BCUT2D eigenvalue weighted by Gasteiger charge is 2.06. The molecule has 3 rings (SSSR count).